The Labute approximate surface area is 139 Å². The van der Waals surface area contributed by atoms with E-state index in [0.717, 1.165) is 0 Å². The van der Waals surface area contributed by atoms with E-state index in [9.17, 15) is 23.1 Å². The van der Waals surface area contributed by atoms with Crippen LogP contribution >= 0.6 is 23.2 Å². The van der Waals surface area contributed by atoms with Crippen molar-refractivity contribution >= 4 is 34.8 Å². The van der Waals surface area contributed by atoms with Crippen LogP contribution in [0.25, 0.3) is 0 Å². The first-order valence-electron chi connectivity index (χ1n) is 6.28. The summed E-state index contributed by atoms with van der Waals surface area (Å²) in [5, 5.41) is 13.7. The highest BCUT2D eigenvalue weighted by Crippen LogP contribution is 2.40. The van der Waals surface area contributed by atoms with E-state index in [4.69, 9.17) is 27.9 Å². The molecule has 1 N–H and O–H groups in total. The molecule has 0 saturated heterocycles. The standard InChI is InChI=1S/C13H11Cl2F3N2O3/c1-7-5-12(22,13(16,17)18)20(19-7)11(21)6-23-10-3-2-8(14)4-9(10)15/h2-4,22H,5-6H2,1H3. The zero-order chi connectivity index (χ0) is 17.4. The normalized spacial score (nSPS) is 21.3. The minimum atomic E-state index is -5.05. The molecule has 1 unspecified atom stereocenters. The predicted molar refractivity (Wildman–Crippen MR) is 77.5 cm³/mol. The van der Waals surface area contributed by atoms with Crippen LogP contribution in [-0.2, 0) is 4.79 Å². The van der Waals surface area contributed by atoms with Crippen molar-refractivity contribution in [2.75, 3.05) is 6.61 Å². The van der Waals surface area contributed by atoms with E-state index >= 15 is 0 Å². The van der Waals surface area contributed by atoms with Crippen LogP contribution in [0.5, 0.6) is 5.75 Å². The second kappa shape index (κ2) is 6.18. The first-order valence-corrected chi connectivity index (χ1v) is 7.04. The molecule has 0 bridgehead atoms. The topological polar surface area (TPSA) is 62.1 Å². The van der Waals surface area contributed by atoms with E-state index in [1.807, 2.05) is 0 Å². The molecule has 0 saturated carbocycles. The second-order valence-corrected chi connectivity index (χ2v) is 5.74. The van der Waals surface area contributed by atoms with Crippen molar-refractivity contribution in [3.63, 3.8) is 0 Å². The molecule has 0 aromatic heterocycles. The number of hydrogen-bond acceptors (Lipinski definition) is 4. The number of alkyl halides is 3. The van der Waals surface area contributed by atoms with Gasteiger partial charge in [-0.1, -0.05) is 23.2 Å². The van der Waals surface area contributed by atoms with Gasteiger partial charge < -0.3 is 9.84 Å². The van der Waals surface area contributed by atoms with Gasteiger partial charge >= 0.3 is 6.18 Å². The summed E-state index contributed by atoms with van der Waals surface area (Å²) in [6, 6.07) is 4.16. The lowest BCUT2D eigenvalue weighted by Gasteiger charge is -2.32. The molecule has 0 radical (unpaired) electrons. The molecule has 1 amide bonds. The van der Waals surface area contributed by atoms with E-state index in [0.29, 0.717) is 5.02 Å². The highest BCUT2D eigenvalue weighted by atomic mass is 35.5. The van der Waals surface area contributed by atoms with Crippen LogP contribution in [0.3, 0.4) is 0 Å². The van der Waals surface area contributed by atoms with Crippen LogP contribution in [0, 0.1) is 0 Å². The third-order valence-electron chi connectivity index (χ3n) is 3.06. The van der Waals surface area contributed by atoms with Crippen molar-refractivity contribution in [2.24, 2.45) is 5.10 Å². The summed E-state index contributed by atoms with van der Waals surface area (Å²) in [6.45, 7) is 0.497. The largest absolute Gasteiger partial charge is 0.482 e. The molecule has 1 heterocycles. The number of hydrogen-bond donors (Lipinski definition) is 1. The minimum Gasteiger partial charge on any atom is -0.482 e. The van der Waals surface area contributed by atoms with Gasteiger partial charge in [0.25, 0.3) is 11.6 Å². The van der Waals surface area contributed by atoms with Crippen LogP contribution in [0.15, 0.2) is 23.3 Å². The third kappa shape index (κ3) is 3.54. The summed E-state index contributed by atoms with van der Waals surface area (Å²) in [4.78, 5) is 12.0. The number of benzene rings is 1. The number of rotatable bonds is 3. The fourth-order valence-corrected chi connectivity index (χ4v) is 2.46. The Morgan fingerprint density at radius 1 is 1.48 bits per heavy atom. The van der Waals surface area contributed by atoms with Gasteiger partial charge in [0.15, 0.2) is 6.61 Å². The molecule has 1 aliphatic rings. The second-order valence-electron chi connectivity index (χ2n) is 4.90. The molecule has 23 heavy (non-hydrogen) atoms. The zero-order valence-electron chi connectivity index (χ0n) is 11.7. The Bertz CT molecular complexity index is 666. The Balaban J connectivity index is 2.13. The van der Waals surface area contributed by atoms with E-state index in [-0.39, 0.29) is 21.5 Å². The van der Waals surface area contributed by atoms with E-state index in [1.165, 1.54) is 25.1 Å². The van der Waals surface area contributed by atoms with Gasteiger partial charge in [-0.3, -0.25) is 4.79 Å². The molecular weight excluding hydrogens is 360 g/mol. The highest BCUT2D eigenvalue weighted by Gasteiger charge is 2.62. The first-order chi connectivity index (χ1) is 10.5. The van der Waals surface area contributed by atoms with Crippen LogP contribution in [0.2, 0.25) is 10.0 Å². The van der Waals surface area contributed by atoms with Crippen molar-refractivity contribution in [1.29, 1.82) is 0 Å². The number of nitrogens with zero attached hydrogens (tertiary/aromatic N) is 2. The molecule has 1 aromatic rings. The SMILES string of the molecule is CC1=NN(C(=O)COc2ccc(Cl)cc2Cl)C(O)(C(F)(F)F)C1. The lowest BCUT2D eigenvalue weighted by molar-refractivity contribution is -0.302. The Hall–Kier alpha value is -1.51. The van der Waals surface area contributed by atoms with Gasteiger partial charge in [-0.2, -0.15) is 23.3 Å². The number of hydrazone groups is 1. The van der Waals surface area contributed by atoms with Crippen molar-refractivity contribution in [3.8, 4) is 5.75 Å². The maximum atomic E-state index is 13.0. The van der Waals surface area contributed by atoms with Gasteiger partial charge in [0.2, 0.25) is 0 Å². The Kier molecular flexibility index (Phi) is 4.79. The maximum Gasteiger partial charge on any atom is 0.438 e. The smallest absolute Gasteiger partial charge is 0.438 e. The molecule has 5 nitrogen and oxygen atoms in total. The Morgan fingerprint density at radius 2 is 2.13 bits per heavy atom. The average molecular weight is 371 g/mol. The fourth-order valence-electron chi connectivity index (χ4n) is 2.00. The summed E-state index contributed by atoms with van der Waals surface area (Å²) >= 11 is 11.5. The van der Waals surface area contributed by atoms with Crippen LogP contribution in [0.4, 0.5) is 13.2 Å². The molecule has 0 fully saturated rings. The van der Waals surface area contributed by atoms with Gasteiger partial charge in [0.1, 0.15) is 5.75 Å². The fraction of sp³-hybridized carbons (Fsp3) is 0.385. The summed E-state index contributed by atoms with van der Waals surface area (Å²) < 4.78 is 44.1. The van der Waals surface area contributed by atoms with Crippen LogP contribution < -0.4 is 4.74 Å². The van der Waals surface area contributed by atoms with Crippen molar-refractivity contribution in [1.82, 2.24) is 5.01 Å². The summed E-state index contributed by atoms with van der Waals surface area (Å²) in [6.07, 6.45) is -5.87. The number of ether oxygens (including phenoxy) is 1. The number of amides is 1. The Morgan fingerprint density at radius 3 is 2.70 bits per heavy atom. The number of carbonyl (C=O) groups is 1. The van der Waals surface area contributed by atoms with Gasteiger partial charge in [-0.25, -0.2) is 0 Å². The van der Waals surface area contributed by atoms with Crippen LogP contribution in [0.1, 0.15) is 13.3 Å². The molecule has 0 spiro atoms. The van der Waals surface area contributed by atoms with Gasteiger partial charge in [-0.05, 0) is 25.1 Å². The molecule has 1 aromatic carbocycles. The lowest BCUT2D eigenvalue weighted by Crippen LogP contribution is -2.57. The van der Waals surface area contributed by atoms with Crippen molar-refractivity contribution in [3.05, 3.63) is 28.2 Å². The molecule has 1 aliphatic heterocycles. The molecular formula is C13H11Cl2F3N2O3. The third-order valence-corrected chi connectivity index (χ3v) is 3.59. The zero-order valence-corrected chi connectivity index (χ0v) is 13.2. The van der Waals surface area contributed by atoms with E-state index in [1.54, 1.807) is 0 Å². The van der Waals surface area contributed by atoms with Gasteiger partial charge in [-0.15, -0.1) is 0 Å². The van der Waals surface area contributed by atoms with Crippen LogP contribution in [-0.4, -0.2) is 40.2 Å². The summed E-state index contributed by atoms with van der Waals surface area (Å²) in [7, 11) is 0. The van der Waals surface area contributed by atoms with E-state index < -0.39 is 30.8 Å². The number of carbonyl (C=O) groups excluding carboxylic acids is 1. The monoisotopic (exact) mass is 370 g/mol. The predicted octanol–water partition coefficient (Wildman–Crippen LogP) is 3.23. The minimum absolute atomic E-state index is 0.00778. The highest BCUT2D eigenvalue weighted by molar-refractivity contribution is 6.35. The van der Waals surface area contributed by atoms with Gasteiger partial charge in [0, 0.05) is 17.2 Å². The number of aliphatic hydroxyl groups is 1. The first kappa shape index (κ1) is 17.8. The molecule has 126 valence electrons. The summed E-state index contributed by atoms with van der Waals surface area (Å²) in [5.74, 6) is -1.09. The van der Waals surface area contributed by atoms with Crippen molar-refractivity contribution in [2.45, 2.75) is 25.2 Å². The average Bonchev–Trinajstić information content (AvgIpc) is 2.73. The van der Waals surface area contributed by atoms with Crippen molar-refractivity contribution < 1.29 is 27.8 Å². The summed E-state index contributed by atoms with van der Waals surface area (Å²) in [5.41, 5.74) is -3.40. The quantitative estimate of drug-likeness (QED) is 0.888. The molecule has 1 atom stereocenters. The molecule has 2 rings (SSSR count). The lowest BCUT2D eigenvalue weighted by atomic mass is 10.1. The van der Waals surface area contributed by atoms with E-state index in [2.05, 4.69) is 5.10 Å². The number of halogens is 5. The molecule has 0 aliphatic carbocycles. The molecule has 10 heteroatoms. The van der Waals surface area contributed by atoms with Gasteiger partial charge in [0.05, 0.1) is 5.02 Å². The maximum absolute atomic E-state index is 13.0.